The highest BCUT2D eigenvalue weighted by atomic mass is 16.5. The summed E-state index contributed by atoms with van der Waals surface area (Å²) in [6.07, 6.45) is 3.77. The number of carbonyl (C=O) groups excluding carboxylic acids is 2. The van der Waals surface area contributed by atoms with E-state index in [1.54, 1.807) is 6.92 Å². The van der Waals surface area contributed by atoms with E-state index in [0.29, 0.717) is 25.5 Å². The summed E-state index contributed by atoms with van der Waals surface area (Å²) in [4.78, 5) is 33.2. The van der Waals surface area contributed by atoms with Crippen molar-refractivity contribution in [1.29, 1.82) is 0 Å². The van der Waals surface area contributed by atoms with Crippen molar-refractivity contribution in [2.75, 3.05) is 13.2 Å². The predicted octanol–water partition coefficient (Wildman–Crippen LogP) is 2.12. The lowest BCUT2D eigenvalue weighted by Gasteiger charge is -2.15. The molecule has 0 aliphatic heterocycles. The maximum absolute atomic E-state index is 11.5. The largest absolute Gasteiger partial charge is 0.481 e. The Balaban J connectivity index is 3.83. The Hall–Kier alpha value is -1.59. The number of ether oxygens (including phenoxy) is 1. The normalized spacial score (nSPS) is 11.7. The Morgan fingerprint density at radius 3 is 2.33 bits per heavy atom. The van der Waals surface area contributed by atoms with Crippen molar-refractivity contribution in [1.82, 2.24) is 5.32 Å². The lowest BCUT2D eigenvalue weighted by atomic mass is 9.94. The molecular formula is C15H27NO5. The van der Waals surface area contributed by atoms with Crippen molar-refractivity contribution in [2.24, 2.45) is 5.92 Å². The van der Waals surface area contributed by atoms with Gasteiger partial charge in [-0.1, -0.05) is 19.8 Å². The van der Waals surface area contributed by atoms with Crippen LogP contribution in [0.3, 0.4) is 0 Å². The van der Waals surface area contributed by atoms with Gasteiger partial charge in [-0.2, -0.15) is 0 Å². The van der Waals surface area contributed by atoms with Crippen molar-refractivity contribution >= 4 is 17.8 Å². The lowest BCUT2D eigenvalue weighted by Crippen LogP contribution is -2.26. The second-order valence-corrected chi connectivity index (χ2v) is 5.03. The van der Waals surface area contributed by atoms with Crippen LogP contribution in [0.4, 0.5) is 0 Å². The molecule has 0 aliphatic carbocycles. The molecule has 6 heteroatoms. The summed E-state index contributed by atoms with van der Waals surface area (Å²) in [6, 6.07) is 0. The summed E-state index contributed by atoms with van der Waals surface area (Å²) in [5.41, 5.74) is 0. The molecule has 122 valence electrons. The van der Waals surface area contributed by atoms with E-state index in [-0.39, 0.29) is 31.1 Å². The minimum absolute atomic E-state index is 0.0943. The number of aliphatic carboxylic acids is 1. The highest BCUT2D eigenvalue weighted by Crippen LogP contribution is 2.17. The first-order valence-electron chi connectivity index (χ1n) is 7.63. The van der Waals surface area contributed by atoms with Gasteiger partial charge in [0.1, 0.15) is 0 Å². The van der Waals surface area contributed by atoms with E-state index in [1.807, 2.05) is 0 Å². The molecule has 0 radical (unpaired) electrons. The van der Waals surface area contributed by atoms with Crippen molar-refractivity contribution in [3.63, 3.8) is 0 Å². The standard InChI is InChI=1S/C15H27NO5/c1-3-5-12(6-8-14(18)19)10-11-16-13(17)7-9-15(20)21-4-2/h12H,3-11H2,1-2H3,(H,16,17)(H,18,19). The van der Waals surface area contributed by atoms with Crippen LogP contribution in [0.1, 0.15) is 58.8 Å². The fourth-order valence-electron chi connectivity index (χ4n) is 2.12. The fraction of sp³-hybridized carbons (Fsp3) is 0.800. The van der Waals surface area contributed by atoms with Gasteiger partial charge in [0.2, 0.25) is 5.91 Å². The lowest BCUT2D eigenvalue weighted by molar-refractivity contribution is -0.144. The molecule has 2 N–H and O–H groups in total. The average Bonchev–Trinajstić information content (AvgIpc) is 2.42. The first-order valence-corrected chi connectivity index (χ1v) is 7.63. The van der Waals surface area contributed by atoms with E-state index in [9.17, 15) is 14.4 Å². The Labute approximate surface area is 126 Å². The van der Waals surface area contributed by atoms with Crippen LogP contribution in [-0.2, 0) is 19.1 Å². The van der Waals surface area contributed by atoms with E-state index < -0.39 is 5.97 Å². The second kappa shape index (κ2) is 12.2. The van der Waals surface area contributed by atoms with Gasteiger partial charge in [0.15, 0.2) is 0 Å². The monoisotopic (exact) mass is 301 g/mol. The summed E-state index contributed by atoms with van der Waals surface area (Å²) in [6.45, 7) is 4.63. The van der Waals surface area contributed by atoms with Crippen LogP contribution < -0.4 is 5.32 Å². The number of carboxylic acids is 1. The van der Waals surface area contributed by atoms with Gasteiger partial charge < -0.3 is 15.2 Å². The van der Waals surface area contributed by atoms with Crippen LogP contribution in [0.2, 0.25) is 0 Å². The molecular weight excluding hydrogens is 274 g/mol. The molecule has 1 unspecified atom stereocenters. The molecule has 0 bridgehead atoms. The molecule has 0 heterocycles. The maximum Gasteiger partial charge on any atom is 0.306 e. The first kappa shape index (κ1) is 19.4. The number of hydrogen-bond donors (Lipinski definition) is 2. The van der Waals surface area contributed by atoms with E-state index in [0.717, 1.165) is 19.3 Å². The molecule has 0 aromatic rings. The number of nitrogens with one attached hydrogen (secondary N) is 1. The molecule has 1 atom stereocenters. The van der Waals surface area contributed by atoms with E-state index in [2.05, 4.69) is 12.2 Å². The number of carbonyl (C=O) groups is 3. The van der Waals surface area contributed by atoms with Gasteiger partial charge in [-0.3, -0.25) is 14.4 Å². The molecule has 21 heavy (non-hydrogen) atoms. The molecule has 0 aliphatic rings. The third-order valence-electron chi connectivity index (χ3n) is 3.20. The number of hydrogen-bond acceptors (Lipinski definition) is 4. The van der Waals surface area contributed by atoms with Gasteiger partial charge in [0, 0.05) is 19.4 Å². The summed E-state index contributed by atoms with van der Waals surface area (Å²) in [5, 5.41) is 11.5. The van der Waals surface area contributed by atoms with Gasteiger partial charge in [0.05, 0.1) is 13.0 Å². The maximum atomic E-state index is 11.5. The molecule has 0 aromatic carbocycles. The molecule has 0 saturated carbocycles. The van der Waals surface area contributed by atoms with Crippen LogP contribution in [0.5, 0.6) is 0 Å². The third-order valence-corrected chi connectivity index (χ3v) is 3.20. The summed E-state index contributed by atoms with van der Waals surface area (Å²) < 4.78 is 4.75. The fourth-order valence-corrected chi connectivity index (χ4v) is 2.12. The molecule has 0 aromatic heterocycles. The van der Waals surface area contributed by atoms with Gasteiger partial charge in [-0.15, -0.1) is 0 Å². The zero-order valence-electron chi connectivity index (χ0n) is 13.0. The zero-order valence-corrected chi connectivity index (χ0v) is 13.0. The summed E-state index contributed by atoms with van der Waals surface area (Å²) in [5.74, 6) is -1.000. The minimum Gasteiger partial charge on any atom is -0.481 e. The van der Waals surface area contributed by atoms with Crippen LogP contribution >= 0.6 is 0 Å². The van der Waals surface area contributed by atoms with Crippen molar-refractivity contribution in [3.05, 3.63) is 0 Å². The third kappa shape index (κ3) is 11.9. The van der Waals surface area contributed by atoms with Crippen molar-refractivity contribution in [3.8, 4) is 0 Å². The van der Waals surface area contributed by atoms with Gasteiger partial charge in [-0.05, 0) is 25.7 Å². The zero-order chi connectivity index (χ0) is 16.1. The number of carboxylic acid groups (broad SMARTS) is 1. The number of esters is 1. The Kier molecular flexibility index (Phi) is 11.3. The SMILES string of the molecule is CCCC(CCNC(=O)CCC(=O)OCC)CCC(=O)O. The quantitative estimate of drug-likeness (QED) is 0.539. The van der Waals surface area contributed by atoms with Crippen LogP contribution in [0.15, 0.2) is 0 Å². The smallest absolute Gasteiger partial charge is 0.306 e. The van der Waals surface area contributed by atoms with E-state index >= 15 is 0 Å². The van der Waals surface area contributed by atoms with Gasteiger partial charge in [-0.25, -0.2) is 0 Å². The molecule has 6 nitrogen and oxygen atoms in total. The van der Waals surface area contributed by atoms with E-state index in [1.165, 1.54) is 0 Å². The summed E-state index contributed by atoms with van der Waals surface area (Å²) >= 11 is 0. The highest BCUT2D eigenvalue weighted by Gasteiger charge is 2.11. The van der Waals surface area contributed by atoms with Crippen LogP contribution in [0, 0.1) is 5.92 Å². The Morgan fingerprint density at radius 1 is 1.05 bits per heavy atom. The van der Waals surface area contributed by atoms with Gasteiger partial charge in [0.25, 0.3) is 0 Å². The molecule has 0 spiro atoms. The Morgan fingerprint density at radius 2 is 1.76 bits per heavy atom. The Bertz CT molecular complexity index is 330. The molecule has 0 saturated heterocycles. The molecule has 1 amide bonds. The number of amides is 1. The number of rotatable bonds is 12. The van der Waals surface area contributed by atoms with Crippen molar-refractivity contribution < 1.29 is 24.2 Å². The second-order valence-electron chi connectivity index (χ2n) is 5.03. The van der Waals surface area contributed by atoms with Crippen LogP contribution in [0.25, 0.3) is 0 Å². The topological polar surface area (TPSA) is 92.7 Å². The first-order chi connectivity index (χ1) is 9.99. The average molecular weight is 301 g/mol. The molecule has 0 rings (SSSR count). The van der Waals surface area contributed by atoms with E-state index in [4.69, 9.17) is 9.84 Å². The molecule has 0 fully saturated rings. The van der Waals surface area contributed by atoms with Gasteiger partial charge >= 0.3 is 11.9 Å². The minimum atomic E-state index is -0.783. The van der Waals surface area contributed by atoms with Crippen molar-refractivity contribution in [2.45, 2.75) is 58.8 Å². The van der Waals surface area contributed by atoms with Crippen LogP contribution in [-0.4, -0.2) is 36.1 Å². The summed E-state index contributed by atoms with van der Waals surface area (Å²) in [7, 11) is 0. The predicted molar refractivity (Wildman–Crippen MR) is 78.8 cm³/mol. The highest BCUT2D eigenvalue weighted by molar-refractivity contribution is 5.81.